The standard InChI is InChI=1S/C13H19NO2/c1-8(7-14)10-5-11-4-9(2)16-13(11)12(6-10)15-3/h5-6,8-9H,4,7,14H2,1-3H3. The summed E-state index contributed by atoms with van der Waals surface area (Å²) in [4.78, 5) is 0. The highest BCUT2D eigenvalue weighted by molar-refractivity contribution is 5.52. The van der Waals surface area contributed by atoms with Gasteiger partial charge in [-0.15, -0.1) is 0 Å². The van der Waals surface area contributed by atoms with Gasteiger partial charge in [-0.05, 0) is 31.0 Å². The Balaban J connectivity index is 2.42. The minimum atomic E-state index is 0.243. The van der Waals surface area contributed by atoms with Gasteiger partial charge in [-0.2, -0.15) is 0 Å². The van der Waals surface area contributed by atoms with Crippen molar-refractivity contribution >= 4 is 0 Å². The van der Waals surface area contributed by atoms with E-state index in [0.29, 0.717) is 12.5 Å². The average Bonchev–Trinajstić information content (AvgIpc) is 2.66. The lowest BCUT2D eigenvalue weighted by Crippen LogP contribution is -2.09. The Morgan fingerprint density at radius 3 is 2.94 bits per heavy atom. The van der Waals surface area contributed by atoms with Gasteiger partial charge in [0.25, 0.3) is 0 Å². The molecular formula is C13H19NO2. The second kappa shape index (κ2) is 4.34. The van der Waals surface area contributed by atoms with Crippen LogP contribution in [0.2, 0.25) is 0 Å². The number of methoxy groups -OCH3 is 1. The van der Waals surface area contributed by atoms with Crippen LogP contribution in [0.3, 0.4) is 0 Å². The maximum atomic E-state index is 5.74. The molecule has 0 radical (unpaired) electrons. The van der Waals surface area contributed by atoms with E-state index in [1.807, 2.05) is 6.07 Å². The molecule has 2 N–H and O–H groups in total. The van der Waals surface area contributed by atoms with Crippen molar-refractivity contribution in [2.75, 3.05) is 13.7 Å². The van der Waals surface area contributed by atoms with Crippen LogP contribution in [0.25, 0.3) is 0 Å². The molecule has 88 valence electrons. The molecule has 1 aliphatic heterocycles. The monoisotopic (exact) mass is 221 g/mol. The van der Waals surface area contributed by atoms with Crippen molar-refractivity contribution in [2.24, 2.45) is 5.73 Å². The van der Waals surface area contributed by atoms with Crippen molar-refractivity contribution in [1.82, 2.24) is 0 Å². The molecule has 1 aromatic rings. The van der Waals surface area contributed by atoms with E-state index in [-0.39, 0.29) is 6.10 Å². The van der Waals surface area contributed by atoms with Crippen LogP contribution in [0.15, 0.2) is 12.1 Å². The average molecular weight is 221 g/mol. The van der Waals surface area contributed by atoms with Gasteiger partial charge in [-0.25, -0.2) is 0 Å². The van der Waals surface area contributed by atoms with E-state index in [4.69, 9.17) is 15.2 Å². The second-order valence-electron chi connectivity index (χ2n) is 4.48. The molecule has 0 amide bonds. The van der Waals surface area contributed by atoms with Crippen molar-refractivity contribution in [3.8, 4) is 11.5 Å². The third-order valence-corrected chi connectivity index (χ3v) is 3.12. The third-order valence-electron chi connectivity index (χ3n) is 3.12. The van der Waals surface area contributed by atoms with Gasteiger partial charge in [0.2, 0.25) is 0 Å². The molecule has 2 rings (SSSR count). The van der Waals surface area contributed by atoms with Crippen LogP contribution < -0.4 is 15.2 Å². The SMILES string of the molecule is COc1cc(C(C)CN)cc2c1OC(C)C2. The van der Waals surface area contributed by atoms with Crippen LogP contribution in [0.4, 0.5) is 0 Å². The van der Waals surface area contributed by atoms with Crippen LogP contribution in [-0.2, 0) is 6.42 Å². The Morgan fingerprint density at radius 2 is 2.31 bits per heavy atom. The van der Waals surface area contributed by atoms with Crippen LogP contribution in [0.5, 0.6) is 11.5 Å². The van der Waals surface area contributed by atoms with Crippen molar-refractivity contribution in [2.45, 2.75) is 32.3 Å². The number of fused-ring (bicyclic) bond motifs is 1. The number of nitrogens with two attached hydrogens (primary N) is 1. The normalized spacial score (nSPS) is 20.1. The summed E-state index contributed by atoms with van der Waals surface area (Å²) in [6.45, 7) is 4.85. The molecule has 3 nitrogen and oxygen atoms in total. The summed E-state index contributed by atoms with van der Waals surface area (Å²) in [7, 11) is 1.68. The van der Waals surface area contributed by atoms with Crippen LogP contribution in [0.1, 0.15) is 30.9 Å². The lowest BCUT2D eigenvalue weighted by atomic mass is 9.97. The maximum Gasteiger partial charge on any atom is 0.164 e. The quantitative estimate of drug-likeness (QED) is 0.850. The van der Waals surface area contributed by atoms with Gasteiger partial charge in [0, 0.05) is 12.0 Å². The van der Waals surface area contributed by atoms with Crippen LogP contribution in [-0.4, -0.2) is 19.8 Å². The predicted octanol–water partition coefficient (Wildman–Crippen LogP) is 2.08. The van der Waals surface area contributed by atoms with Gasteiger partial charge in [0.15, 0.2) is 11.5 Å². The van der Waals surface area contributed by atoms with Crippen molar-refractivity contribution in [3.05, 3.63) is 23.3 Å². The predicted molar refractivity (Wildman–Crippen MR) is 64.3 cm³/mol. The molecule has 2 unspecified atom stereocenters. The number of ether oxygens (including phenoxy) is 2. The van der Waals surface area contributed by atoms with Gasteiger partial charge >= 0.3 is 0 Å². The molecule has 16 heavy (non-hydrogen) atoms. The number of hydrogen-bond acceptors (Lipinski definition) is 3. The Kier molecular flexibility index (Phi) is 3.06. The van der Waals surface area contributed by atoms with E-state index in [9.17, 15) is 0 Å². The van der Waals surface area contributed by atoms with Gasteiger partial charge in [-0.3, -0.25) is 0 Å². The number of hydrogen-bond donors (Lipinski definition) is 1. The summed E-state index contributed by atoms with van der Waals surface area (Å²) in [6.07, 6.45) is 1.20. The van der Waals surface area contributed by atoms with E-state index in [2.05, 4.69) is 19.9 Å². The molecule has 0 saturated carbocycles. The minimum absolute atomic E-state index is 0.243. The molecule has 0 bridgehead atoms. The molecule has 0 spiro atoms. The third kappa shape index (κ3) is 1.87. The molecule has 1 heterocycles. The first kappa shape index (κ1) is 11.3. The van der Waals surface area contributed by atoms with Crippen molar-refractivity contribution < 1.29 is 9.47 Å². The van der Waals surface area contributed by atoms with Crippen LogP contribution in [0, 0.1) is 0 Å². The smallest absolute Gasteiger partial charge is 0.164 e. The molecule has 3 heteroatoms. The van der Waals surface area contributed by atoms with Crippen molar-refractivity contribution in [1.29, 1.82) is 0 Å². The lowest BCUT2D eigenvalue weighted by Gasteiger charge is -2.13. The van der Waals surface area contributed by atoms with E-state index >= 15 is 0 Å². The minimum Gasteiger partial charge on any atom is -0.493 e. The number of benzene rings is 1. The van der Waals surface area contributed by atoms with E-state index < -0.39 is 0 Å². The molecule has 0 aromatic heterocycles. The second-order valence-corrected chi connectivity index (χ2v) is 4.48. The van der Waals surface area contributed by atoms with Crippen LogP contribution >= 0.6 is 0 Å². The first-order valence-corrected chi connectivity index (χ1v) is 5.73. The topological polar surface area (TPSA) is 44.5 Å². The van der Waals surface area contributed by atoms with Gasteiger partial charge in [0.1, 0.15) is 6.10 Å². The first-order chi connectivity index (χ1) is 7.65. The Morgan fingerprint density at radius 1 is 1.56 bits per heavy atom. The van der Waals surface area contributed by atoms with E-state index in [1.54, 1.807) is 7.11 Å². The zero-order chi connectivity index (χ0) is 11.7. The largest absolute Gasteiger partial charge is 0.493 e. The fraction of sp³-hybridized carbons (Fsp3) is 0.538. The Labute approximate surface area is 96.5 Å². The molecule has 0 fully saturated rings. The molecule has 2 atom stereocenters. The van der Waals surface area contributed by atoms with E-state index in [0.717, 1.165) is 17.9 Å². The Hall–Kier alpha value is -1.22. The van der Waals surface area contributed by atoms with Gasteiger partial charge < -0.3 is 15.2 Å². The van der Waals surface area contributed by atoms with Gasteiger partial charge in [-0.1, -0.05) is 13.0 Å². The van der Waals surface area contributed by atoms with Crippen molar-refractivity contribution in [3.63, 3.8) is 0 Å². The zero-order valence-corrected chi connectivity index (χ0v) is 10.1. The summed E-state index contributed by atoms with van der Waals surface area (Å²) in [6, 6.07) is 4.23. The Bertz CT molecular complexity index is 390. The summed E-state index contributed by atoms with van der Waals surface area (Å²) in [5.74, 6) is 2.09. The number of rotatable bonds is 3. The summed E-state index contributed by atoms with van der Waals surface area (Å²) in [5.41, 5.74) is 8.17. The first-order valence-electron chi connectivity index (χ1n) is 5.73. The molecule has 1 aliphatic rings. The highest BCUT2D eigenvalue weighted by Gasteiger charge is 2.24. The summed E-state index contributed by atoms with van der Waals surface area (Å²) in [5, 5.41) is 0. The lowest BCUT2D eigenvalue weighted by molar-refractivity contribution is 0.243. The summed E-state index contributed by atoms with van der Waals surface area (Å²) >= 11 is 0. The molecule has 0 aliphatic carbocycles. The van der Waals surface area contributed by atoms with E-state index in [1.165, 1.54) is 11.1 Å². The molecule has 1 aromatic carbocycles. The fourth-order valence-electron chi connectivity index (χ4n) is 2.09. The zero-order valence-electron chi connectivity index (χ0n) is 10.1. The molecular weight excluding hydrogens is 202 g/mol. The highest BCUT2D eigenvalue weighted by Crippen LogP contribution is 2.40. The fourth-order valence-corrected chi connectivity index (χ4v) is 2.09. The molecule has 0 saturated heterocycles. The summed E-state index contributed by atoms with van der Waals surface area (Å²) < 4.78 is 11.1. The maximum absolute atomic E-state index is 5.74. The van der Waals surface area contributed by atoms with Gasteiger partial charge in [0.05, 0.1) is 7.11 Å². The highest BCUT2D eigenvalue weighted by atomic mass is 16.5.